The van der Waals surface area contributed by atoms with E-state index in [1.807, 2.05) is 0 Å². The van der Waals surface area contributed by atoms with E-state index in [4.69, 9.17) is 9.84 Å². The van der Waals surface area contributed by atoms with Gasteiger partial charge in [0.25, 0.3) is 0 Å². The van der Waals surface area contributed by atoms with E-state index in [1.54, 1.807) is 5.38 Å². The first kappa shape index (κ1) is 15.1. The number of carboxylic acids is 1. The van der Waals surface area contributed by atoms with Crippen LogP contribution in [0.4, 0.5) is 0 Å². The monoisotopic (exact) mass is 318 g/mol. The van der Waals surface area contributed by atoms with Crippen molar-refractivity contribution in [2.24, 2.45) is 0 Å². The van der Waals surface area contributed by atoms with Gasteiger partial charge in [0.2, 0.25) is 0 Å². The molecule has 2 heterocycles. The number of rotatable bonds is 5. The van der Waals surface area contributed by atoms with Crippen molar-refractivity contribution in [1.29, 1.82) is 0 Å². The van der Waals surface area contributed by atoms with Crippen LogP contribution in [-0.4, -0.2) is 47.3 Å². The number of aromatic carboxylic acids is 1. The van der Waals surface area contributed by atoms with Gasteiger partial charge < -0.3 is 9.84 Å². The van der Waals surface area contributed by atoms with Gasteiger partial charge in [-0.15, -0.1) is 11.3 Å². The summed E-state index contributed by atoms with van der Waals surface area (Å²) in [5.74, 6) is -0.969. The van der Waals surface area contributed by atoms with Gasteiger partial charge in [-0.2, -0.15) is 0 Å². The number of aromatic nitrogens is 1. The first-order valence-corrected chi connectivity index (χ1v) is 8.14. The number of hydrogen-bond acceptors (Lipinski definition) is 5. The summed E-state index contributed by atoms with van der Waals surface area (Å²) in [7, 11) is 0. The first-order chi connectivity index (χ1) is 10.7. The number of thiazole rings is 1. The van der Waals surface area contributed by atoms with E-state index < -0.39 is 5.97 Å². The van der Waals surface area contributed by atoms with Gasteiger partial charge in [0.1, 0.15) is 0 Å². The number of ether oxygens (including phenoxy) is 1. The van der Waals surface area contributed by atoms with Crippen molar-refractivity contribution < 1.29 is 14.6 Å². The molecular formula is C16H18N2O3S. The Labute approximate surface area is 133 Å². The largest absolute Gasteiger partial charge is 0.476 e. The highest BCUT2D eigenvalue weighted by Crippen LogP contribution is 2.16. The zero-order valence-electron chi connectivity index (χ0n) is 12.2. The smallest absolute Gasteiger partial charge is 0.355 e. The normalized spacial score (nSPS) is 15.8. The number of hydrogen-bond donors (Lipinski definition) is 1. The molecule has 3 rings (SSSR count). The van der Waals surface area contributed by atoms with E-state index in [1.165, 1.54) is 16.9 Å². The lowest BCUT2D eigenvalue weighted by molar-refractivity contribution is 0.0342. The second-order valence-electron chi connectivity index (χ2n) is 5.31. The van der Waals surface area contributed by atoms with Crippen molar-refractivity contribution in [2.45, 2.75) is 13.0 Å². The number of benzene rings is 1. The van der Waals surface area contributed by atoms with Crippen LogP contribution in [0.5, 0.6) is 0 Å². The van der Waals surface area contributed by atoms with Crippen LogP contribution >= 0.6 is 11.3 Å². The van der Waals surface area contributed by atoms with Gasteiger partial charge in [-0.25, -0.2) is 9.78 Å². The summed E-state index contributed by atoms with van der Waals surface area (Å²) >= 11 is 1.39. The molecule has 1 aliphatic rings. The van der Waals surface area contributed by atoms with Crippen LogP contribution < -0.4 is 0 Å². The van der Waals surface area contributed by atoms with Crippen molar-refractivity contribution in [3.05, 3.63) is 51.5 Å². The Hall–Kier alpha value is -1.76. The fourth-order valence-corrected chi connectivity index (χ4v) is 3.25. The Kier molecular flexibility index (Phi) is 4.82. The van der Waals surface area contributed by atoms with Crippen molar-refractivity contribution >= 4 is 17.3 Å². The summed E-state index contributed by atoms with van der Waals surface area (Å²) in [5, 5.41) is 11.3. The first-order valence-electron chi connectivity index (χ1n) is 7.26. The standard InChI is InChI=1S/C16H18N2O3S/c19-16(20)14-11-22-15(17-14)9-12-1-3-13(4-2-12)10-18-5-7-21-8-6-18/h1-4,11H,5-10H2,(H,19,20). The van der Waals surface area contributed by atoms with E-state index in [0.717, 1.165) is 43.4 Å². The minimum absolute atomic E-state index is 0.129. The quantitative estimate of drug-likeness (QED) is 0.916. The molecule has 0 unspecified atom stereocenters. The zero-order chi connectivity index (χ0) is 15.4. The fraction of sp³-hybridized carbons (Fsp3) is 0.375. The molecule has 1 aromatic heterocycles. The van der Waals surface area contributed by atoms with Crippen LogP contribution in [0.15, 0.2) is 29.6 Å². The summed E-state index contributed by atoms with van der Waals surface area (Å²) in [4.78, 5) is 17.3. The minimum atomic E-state index is -0.969. The van der Waals surface area contributed by atoms with Crippen LogP contribution in [0.2, 0.25) is 0 Å². The van der Waals surface area contributed by atoms with E-state index >= 15 is 0 Å². The van der Waals surface area contributed by atoms with Crippen LogP contribution in [0.3, 0.4) is 0 Å². The van der Waals surface area contributed by atoms with Gasteiger partial charge in [0.05, 0.1) is 18.2 Å². The fourth-order valence-electron chi connectivity index (χ4n) is 2.44. The predicted molar refractivity (Wildman–Crippen MR) is 84.4 cm³/mol. The molecule has 1 fully saturated rings. The second kappa shape index (κ2) is 7.00. The van der Waals surface area contributed by atoms with Gasteiger partial charge in [0.15, 0.2) is 5.69 Å². The van der Waals surface area contributed by atoms with Crippen LogP contribution in [0.1, 0.15) is 26.6 Å². The minimum Gasteiger partial charge on any atom is -0.476 e. The summed E-state index contributed by atoms with van der Waals surface area (Å²) in [6, 6.07) is 8.46. The highest BCUT2D eigenvalue weighted by atomic mass is 32.1. The van der Waals surface area contributed by atoms with Gasteiger partial charge in [0, 0.05) is 31.4 Å². The molecule has 0 bridgehead atoms. The molecule has 2 aromatic rings. The molecule has 1 aliphatic heterocycles. The maximum absolute atomic E-state index is 10.8. The summed E-state index contributed by atoms with van der Waals surface area (Å²) in [6.45, 7) is 4.55. The Balaban J connectivity index is 1.59. The molecule has 0 amide bonds. The Morgan fingerprint density at radius 2 is 1.91 bits per heavy atom. The third kappa shape index (κ3) is 3.91. The topological polar surface area (TPSA) is 62.7 Å². The van der Waals surface area contributed by atoms with E-state index in [9.17, 15) is 4.79 Å². The van der Waals surface area contributed by atoms with Gasteiger partial charge >= 0.3 is 5.97 Å². The summed E-state index contributed by atoms with van der Waals surface area (Å²) < 4.78 is 5.35. The van der Waals surface area contributed by atoms with Crippen LogP contribution in [0.25, 0.3) is 0 Å². The van der Waals surface area contributed by atoms with E-state index in [0.29, 0.717) is 6.42 Å². The van der Waals surface area contributed by atoms with Crippen LogP contribution in [0, 0.1) is 0 Å². The maximum atomic E-state index is 10.8. The van der Waals surface area contributed by atoms with Crippen molar-refractivity contribution in [1.82, 2.24) is 9.88 Å². The summed E-state index contributed by atoms with van der Waals surface area (Å²) in [6.07, 6.45) is 0.676. The molecule has 5 nitrogen and oxygen atoms in total. The molecule has 1 saturated heterocycles. The summed E-state index contributed by atoms with van der Waals surface area (Å²) in [5.41, 5.74) is 2.57. The third-order valence-corrected chi connectivity index (χ3v) is 4.51. The van der Waals surface area contributed by atoms with Gasteiger partial charge in [-0.05, 0) is 11.1 Å². The Bertz CT molecular complexity index is 633. The lowest BCUT2D eigenvalue weighted by Crippen LogP contribution is -2.35. The average Bonchev–Trinajstić information content (AvgIpc) is 2.99. The molecule has 0 aliphatic carbocycles. The lowest BCUT2D eigenvalue weighted by atomic mass is 10.1. The lowest BCUT2D eigenvalue weighted by Gasteiger charge is -2.26. The molecule has 0 radical (unpaired) electrons. The van der Waals surface area contributed by atoms with Gasteiger partial charge in [-0.3, -0.25) is 4.90 Å². The van der Waals surface area contributed by atoms with Crippen molar-refractivity contribution in [3.63, 3.8) is 0 Å². The molecule has 6 heteroatoms. The predicted octanol–water partition coefficient (Wildman–Crippen LogP) is 2.26. The molecule has 22 heavy (non-hydrogen) atoms. The Morgan fingerprint density at radius 1 is 1.23 bits per heavy atom. The molecule has 0 atom stereocenters. The number of morpholine rings is 1. The highest BCUT2D eigenvalue weighted by Gasteiger charge is 2.11. The molecule has 1 aromatic carbocycles. The van der Waals surface area contributed by atoms with Crippen molar-refractivity contribution in [2.75, 3.05) is 26.3 Å². The number of nitrogens with zero attached hydrogens (tertiary/aromatic N) is 2. The van der Waals surface area contributed by atoms with E-state index in [-0.39, 0.29) is 5.69 Å². The van der Waals surface area contributed by atoms with Crippen LogP contribution in [-0.2, 0) is 17.7 Å². The van der Waals surface area contributed by atoms with Gasteiger partial charge in [-0.1, -0.05) is 24.3 Å². The number of carbonyl (C=O) groups is 1. The third-order valence-electron chi connectivity index (χ3n) is 3.66. The molecule has 1 N–H and O–H groups in total. The average molecular weight is 318 g/mol. The molecule has 0 saturated carbocycles. The van der Waals surface area contributed by atoms with Crippen molar-refractivity contribution in [3.8, 4) is 0 Å². The van der Waals surface area contributed by atoms with E-state index in [2.05, 4.69) is 34.1 Å². The molecule has 0 spiro atoms. The SMILES string of the molecule is O=C(O)c1csc(Cc2ccc(CN3CCOCC3)cc2)n1. The molecule has 116 valence electrons. The maximum Gasteiger partial charge on any atom is 0.355 e. The highest BCUT2D eigenvalue weighted by molar-refractivity contribution is 7.09. The Morgan fingerprint density at radius 3 is 2.55 bits per heavy atom. The number of carboxylic acid groups (broad SMARTS) is 1. The molecular weight excluding hydrogens is 300 g/mol. The zero-order valence-corrected chi connectivity index (χ0v) is 13.0. The second-order valence-corrected chi connectivity index (χ2v) is 6.26.